The van der Waals surface area contributed by atoms with Crippen LogP contribution in [0.1, 0.15) is 33.5 Å². The molecule has 0 spiro atoms. The van der Waals surface area contributed by atoms with Gasteiger partial charge in [0.15, 0.2) is 12.4 Å². The maximum atomic E-state index is 12.2. The maximum Gasteiger partial charge on any atom is 0.258 e. The summed E-state index contributed by atoms with van der Waals surface area (Å²) in [6.07, 6.45) is 3.04. The van der Waals surface area contributed by atoms with Crippen LogP contribution in [-0.4, -0.2) is 38.8 Å². The molecule has 0 radical (unpaired) electrons. The maximum absolute atomic E-state index is 12.2. The van der Waals surface area contributed by atoms with Crippen molar-refractivity contribution in [1.82, 2.24) is 20.1 Å². The summed E-state index contributed by atoms with van der Waals surface area (Å²) in [5, 5.41) is 7.31. The molecular weight excluding hydrogens is 428 g/mol. The predicted octanol–water partition coefficient (Wildman–Crippen LogP) is 4.45. The zero-order valence-corrected chi connectivity index (χ0v) is 19.3. The molecule has 0 unspecified atom stereocenters. The van der Waals surface area contributed by atoms with E-state index in [-0.39, 0.29) is 12.5 Å². The number of ether oxygens (including phenoxy) is 1. The summed E-state index contributed by atoms with van der Waals surface area (Å²) < 4.78 is 7.95. The molecule has 4 rings (SSSR count). The molecule has 31 heavy (non-hydrogen) atoms. The van der Waals surface area contributed by atoms with Gasteiger partial charge in [0, 0.05) is 18.4 Å². The molecule has 8 heteroatoms. The van der Waals surface area contributed by atoms with E-state index in [0.717, 1.165) is 22.8 Å². The summed E-state index contributed by atoms with van der Waals surface area (Å²) in [7, 11) is 0. The van der Waals surface area contributed by atoms with Gasteiger partial charge < -0.3 is 10.1 Å². The van der Waals surface area contributed by atoms with Crippen LogP contribution in [0.15, 0.2) is 48.7 Å². The van der Waals surface area contributed by atoms with Gasteiger partial charge in [-0.2, -0.15) is 5.10 Å². The molecule has 2 aromatic heterocycles. The van der Waals surface area contributed by atoms with Crippen molar-refractivity contribution in [3.8, 4) is 11.6 Å². The fourth-order valence-corrected chi connectivity index (χ4v) is 6.20. The van der Waals surface area contributed by atoms with Gasteiger partial charge in [-0.05, 0) is 67.2 Å². The molecule has 3 aromatic rings. The molecule has 1 aromatic carbocycles. The molecule has 1 amide bonds. The molecule has 0 aliphatic carbocycles. The van der Waals surface area contributed by atoms with E-state index in [1.165, 1.54) is 23.5 Å². The molecule has 1 aliphatic rings. The minimum Gasteiger partial charge on any atom is -0.484 e. The molecule has 1 saturated heterocycles. The van der Waals surface area contributed by atoms with Crippen LogP contribution in [0, 0.1) is 13.8 Å². The second-order valence-electron chi connectivity index (χ2n) is 7.43. The third kappa shape index (κ3) is 5.83. The first-order chi connectivity index (χ1) is 15.1. The second-order valence-corrected chi connectivity index (χ2v) is 10.1. The largest absolute Gasteiger partial charge is 0.484 e. The molecule has 6 nitrogen and oxygen atoms in total. The lowest BCUT2D eigenvalue weighted by Crippen LogP contribution is -2.28. The van der Waals surface area contributed by atoms with Gasteiger partial charge in [0.2, 0.25) is 0 Å². The van der Waals surface area contributed by atoms with E-state index in [9.17, 15) is 4.79 Å². The first kappa shape index (κ1) is 21.8. The highest BCUT2D eigenvalue weighted by Crippen LogP contribution is 2.43. The van der Waals surface area contributed by atoms with Crippen molar-refractivity contribution in [2.24, 2.45) is 0 Å². The molecule has 162 valence electrons. The monoisotopic (exact) mass is 454 g/mol. The average Bonchev–Trinajstić information content (AvgIpc) is 3.15. The highest BCUT2D eigenvalue weighted by Gasteiger charge is 2.16. The zero-order chi connectivity index (χ0) is 21.6. The third-order valence-electron chi connectivity index (χ3n) is 4.87. The molecule has 0 bridgehead atoms. The van der Waals surface area contributed by atoms with Crippen molar-refractivity contribution < 1.29 is 9.53 Å². The number of nitrogens with zero attached hydrogens (tertiary/aromatic N) is 3. The standard InChI is InChI=1S/C23H26N4O2S2/c1-16-12-17(2)27(26-16)21-9-4-18(13-24-21)14-25-22(28)15-29-20-7-5-19(6-8-20)23-30-10-3-11-31-23/h4-9,12-13,23H,3,10-11,14-15H2,1-2H3,(H,25,28). The lowest BCUT2D eigenvalue weighted by Gasteiger charge is -2.21. The SMILES string of the molecule is Cc1cc(C)n(-c2ccc(CNC(=O)COc3ccc(C4SCCCS4)cc3)cn2)n1. The van der Waals surface area contributed by atoms with Crippen molar-refractivity contribution in [2.45, 2.75) is 31.4 Å². The number of hydrogen-bond donors (Lipinski definition) is 1. The van der Waals surface area contributed by atoms with Crippen LogP contribution in [0.3, 0.4) is 0 Å². The molecule has 3 heterocycles. The number of aryl methyl sites for hydroxylation is 2. The van der Waals surface area contributed by atoms with Crippen LogP contribution in [0.4, 0.5) is 0 Å². The van der Waals surface area contributed by atoms with Gasteiger partial charge >= 0.3 is 0 Å². The minimum absolute atomic E-state index is 0.0104. The topological polar surface area (TPSA) is 69.0 Å². The van der Waals surface area contributed by atoms with Crippen molar-refractivity contribution in [1.29, 1.82) is 0 Å². The van der Waals surface area contributed by atoms with Gasteiger partial charge in [0.25, 0.3) is 5.91 Å². The number of thioether (sulfide) groups is 2. The van der Waals surface area contributed by atoms with Crippen molar-refractivity contribution in [3.05, 3.63) is 71.2 Å². The first-order valence-corrected chi connectivity index (χ1v) is 12.4. The number of carbonyl (C=O) groups excluding carboxylic acids is 1. The van der Waals surface area contributed by atoms with E-state index in [1.54, 1.807) is 6.20 Å². The van der Waals surface area contributed by atoms with Crippen LogP contribution in [0.25, 0.3) is 5.82 Å². The van der Waals surface area contributed by atoms with Crippen LogP contribution in [-0.2, 0) is 11.3 Å². The summed E-state index contributed by atoms with van der Waals surface area (Å²) in [5.41, 5.74) is 4.22. The Morgan fingerprint density at radius 2 is 1.94 bits per heavy atom. The average molecular weight is 455 g/mol. The summed E-state index contributed by atoms with van der Waals surface area (Å²) in [6, 6.07) is 13.9. The van der Waals surface area contributed by atoms with E-state index >= 15 is 0 Å². The lowest BCUT2D eigenvalue weighted by atomic mass is 10.2. The fourth-order valence-electron chi connectivity index (χ4n) is 3.31. The normalized spacial score (nSPS) is 14.4. The van der Waals surface area contributed by atoms with Gasteiger partial charge in [-0.25, -0.2) is 9.67 Å². The molecule has 0 saturated carbocycles. The van der Waals surface area contributed by atoms with Gasteiger partial charge in [-0.15, -0.1) is 23.5 Å². The third-order valence-corrected chi connectivity index (χ3v) is 7.89. The van der Waals surface area contributed by atoms with Gasteiger partial charge in [0.05, 0.1) is 10.3 Å². The molecule has 0 atom stereocenters. The number of carbonyl (C=O) groups is 1. The van der Waals surface area contributed by atoms with Crippen molar-refractivity contribution >= 4 is 29.4 Å². The second kappa shape index (κ2) is 10.2. The van der Waals surface area contributed by atoms with Crippen molar-refractivity contribution in [2.75, 3.05) is 18.1 Å². The Bertz CT molecular complexity index is 1010. The molecular formula is C23H26N4O2S2. The smallest absolute Gasteiger partial charge is 0.258 e. The van der Waals surface area contributed by atoms with Gasteiger partial charge in [0.1, 0.15) is 5.75 Å². The number of aromatic nitrogens is 3. The van der Waals surface area contributed by atoms with Crippen molar-refractivity contribution in [3.63, 3.8) is 0 Å². The number of rotatable bonds is 7. The number of nitrogens with one attached hydrogen (secondary N) is 1. The van der Waals surface area contributed by atoms with Crippen LogP contribution in [0.5, 0.6) is 5.75 Å². The highest BCUT2D eigenvalue weighted by atomic mass is 32.2. The van der Waals surface area contributed by atoms with E-state index in [1.807, 2.05) is 72.4 Å². The zero-order valence-electron chi connectivity index (χ0n) is 17.7. The number of benzene rings is 1. The Morgan fingerprint density at radius 3 is 2.58 bits per heavy atom. The van der Waals surface area contributed by atoms with Gasteiger partial charge in [-0.1, -0.05) is 18.2 Å². The van der Waals surface area contributed by atoms with E-state index in [0.29, 0.717) is 16.9 Å². The minimum atomic E-state index is -0.162. The Morgan fingerprint density at radius 1 is 1.16 bits per heavy atom. The number of pyridine rings is 1. The fraction of sp³-hybridized carbons (Fsp3) is 0.348. The summed E-state index contributed by atoms with van der Waals surface area (Å²) in [5.74, 6) is 3.75. The highest BCUT2D eigenvalue weighted by molar-refractivity contribution is 8.16. The predicted molar refractivity (Wildman–Crippen MR) is 127 cm³/mol. The number of amides is 1. The van der Waals surface area contributed by atoms with E-state index < -0.39 is 0 Å². The van der Waals surface area contributed by atoms with E-state index in [4.69, 9.17) is 4.74 Å². The van der Waals surface area contributed by atoms with Crippen LogP contribution < -0.4 is 10.1 Å². The Hall–Kier alpha value is -2.45. The first-order valence-electron chi connectivity index (χ1n) is 10.3. The Balaban J connectivity index is 1.23. The molecule has 1 N–H and O–H groups in total. The number of hydrogen-bond acceptors (Lipinski definition) is 6. The quantitative estimate of drug-likeness (QED) is 0.569. The Labute approximate surface area is 191 Å². The molecule has 1 aliphatic heterocycles. The summed E-state index contributed by atoms with van der Waals surface area (Å²) in [6.45, 7) is 4.35. The van der Waals surface area contributed by atoms with E-state index in [2.05, 4.69) is 27.5 Å². The van der Waals surface area contributed by atoms with Gasteiger partial charge in [-0.3, -0.25) is 4.79 Å². The van der Waals surface area contributed by atoms with Crippen LogP contribution in [0.2, 0.25) is 0 Å². The summed E-state index contributed by atoms with van der Waals surface area (Å²) in [4.78, 5) is 16.6. The lowest BCUT2D eigenvalue weighted by molar-refractivity contribution is -0.123. The molecule has 1 fully saturated rings. The Kier molecular flexibility index (Phi) is 7.19. The summed E-state index contributed by atoms with van der Waals surface area (Å²) >= 11 is 3.99. The van der Waals surface area contributed by atoms with Crippen LogP contribution >= 0.6 is 23.5 Å².